The summed E-state index contributed by atoms with van der Waals surface area (Å²) in [7, 11) is 1.85. The Labute approximate surface area is 91.1 Å². The van der Waals surface area contributed by atoms with Crippen molar-refractivity contribution >= 4 is 17.2 Å². The second kappa shape index (κ2) is 4.26. The summed E-state index contributed by atoms with van der Waals surface area (Å²) in [6.07, 6.45) is 1.89. The van der Waals surface area contributed by atoms with E-state index in [1.165, 1.54) is 11.3 Å². The number of aliphatic hydroxyl groups is 1. The first-order valence-corrected chi connectivity index (χ1v) is 5.65. The van der Waals surface area contributed by atoms with E-state index in [1.54, 1.807) is 4.57 Å². The zero-order valence-electron chi connectivity index (χ0n) is 8.38. The van der Waals surface area contributed by atoms with E-state index < -0.39 is 6.10 Å². The lowest BCUT2D eigenvalue weighted by atomic mass is 10.2. The van der Waals surface area contributed by atoms with Crippen LogP contribution in [0.4, 0.5) is 0 Å². The van der Waals surface area contributed by atoms with Crippen molar-refractivity contribution in [2.75, 3.05) is 6.54 Å². The molecule has 0 aliphatic carbocycles. The molecule has 5 nitrogen and oxygen atoms in total. The van der Waals surface area contributed by atoms with Crippen molar-refractivity contribution in [3.8, 4) is 0 Å². The third kappa shape index (κ3) is 2.34. The molecule has 1 amide bonds. The van der Waals surface area contributed by atoms with Gasteiger partial charge in [-0.3, -0.25) is 4.79 Å². The summed E-state index contributed by atoms with van der Waals surface area (Å²) in [6, 6.07) is -0.331. The first kappa shape index (κ1) is 10.5. The van der Waals surface area contributed by atoms with Crippen molar-refractivity contribution in [2.45, 2.75) is 18.6 Å². The number of aliphatic hydroxyl groups excluding tert-OH is 1. The van der Waals surface area contributed by atoms with Crippen molar-refractivity contribution < 1.29 is 9.90 Å². The summed E-state index contributed by atoms with van der Waals surface area (Å²) < 4.78 is 1.80. The van der Waals surface area contributed by atoms with Crippen LogP contribution in [0.15, 0.2) is 16.6 Å². The van der Waals surface area contributed by atoms with Gasteiger partial charge < -0.3 is 15.0 Å². The van der Waals surface area contributed by atoms with E-state index in [0.29, 0.717) is 17.8 Å². The molecule has 2 atom stereocenters. The monoisotopic (exact) mass is 227 g/mol. The number of thiazole rings is 1. The quantitative estimate of drug-likeness (QED) is 0.662. The Morgan fingerprint density at radius 3 is 3.13 bits per heavy atom. The molecule has 1 aliphatic heterocycles. The highest BCUT2D eigenvalue weighted by molar-refractivity contribution is 7.07. The fourth-order valence-corrected chi connectivity index (χ4v) is 2.25. The van der Waals surface area contributed by atoms with Gasteiger partial charge in [-0.15, -0.1) is 11.3 Å². The second-order valence-corrected chi connectivity index (χ2v) is 4.47. The van der Waals surface area contributed by atoms with E-state index in [9.17, 15) is 9.90 Å². The van der Waals surface area contributed by atoms with Crippen molar-refractivity contribution in [3.63, 3.8) is 0 Å². The van der Waals surface area contributed by atoms with Crippen molar-refractivity contribution in [2.24, 2.45) is 12.0 Å². The molecule has 1 aromatic heterocycles. The van der Waals surface area contributed by atoms with Crippen LogP contribution in [0.3, 0.4) is 0 Å². The van der Waals surface area contributed by atoms with Gasteiger partial charge >= 0.3 is 0 Å². The molecule has 1 aliphatic rings. The van der Waals surface area contributed by atoms with Crippen molar-refractivity contribution in [1.29, 1.82) is 0 Å². The van der Waals surface area contributed by atoms with Crippen LogP contribution in [-0.2, 0) is 11.8 Å². The molecule has 0 saturated carbocycles. The molecule has 1 aromatic rings. The van der Waals surface area contributed by atoms with Gasteiger partial charge in [-0.25, -0.2) is 0 Å². The Hall–Kier alpha value is -0.980. The summed E-state index contributed by atoms with van der Waals surface area (Å²) in [4.78, 5) is 16.4. The minimum atomic E-state index is -0.425. The number of hydrogen-bond donors (Lipinski definition) is 2. The number of carbonyl (C=O) groups is 1. The molecule has 2 heterocycles. The van der Waals surface area contributed by atoms with Gasteiger partial charge in [0.25, 0.3) is 5.91 Å². The van der Waals surface area contributed by atoms with E-state index in [4.69, 9.17) is 0 Å². The average molecular weight is 227 g/mol. The molecule has 1 fully saturated rings. The van der Waals surface area contributed by atoms with Crippen LogP contribution >= 0.6 is 11.3 Å². The number of amides is 1. The van der Waals surface area contributed by atoms with Gasteiger partial charge in [0, 0.05) is 25.2 Å². The van der Waals surface area contributed by atoms with Crippen LogP contribution in [0.5, 0.6) is 0 Å². The predicted molar refractivity (Wildman–Crippen MR) is 56.3 cm³/mol. The molecule has 0 spiro atoms. The Bertz CT molecular complexity index is 423. The fraction of sp³-hybridized carbons (Fsp3) is 0.556. The summed E-state index contributed by atoms with van der Waals surface area (Å²) in [5.41, 5.74) is 0. The zero-order valence-corrected chi connectivity index (χ0v) is 9.20. The second-order valence-electron chi connectivity index (χ2n) is 3.60. The number of hydrogen-bond acceptors (Lipinski definition) is 4. The highest BCUT2D eigenvalue weighted by Crippen LogP contribution is 2.07. The maximum absolute atomic E-state index is 11.7. The summed E-state index contributed by atoms with van der Waals surface area (Å²) in [5, 5.41) is 14.1. The van der Waals surface area contributed by atoms with E-state index >= 15 is 0 Å². The third-order valence-corrected chi connectivity index (χ3v) is 3.22. The number of nitrogens with zero attached hydrogens (tertiary/aromatic N) is 2. The fourth-order valence-electron chi connectivity index (χ4n) is 1.51. The Morgan fingerprint density at radius 2 is 2.60 bits per heavy atom. The molecule has 1 saturated heterocycles. The number of carbonyl (C=O) groups excluding carboxylic acids is 1. The molecule has 15 heavy (non-hydrogen) atoms. The smallest absolute Gasteiger partial charge is 0.265 e. The van der Waals surface area contributed by atoms with Crippen molar-refractivity contribution in [1.82, 2.24) is 9.88 Å². The van der Waals surface area contributed by atoms with Crippen molar-refractivity contribution in [3.05, 3.63) is 16.4 Å². The number of aromatic nitrogens is 1. The van der Waals surface area contributed by atoms with Crippen LogP contribution in [0.2, 0.25) is 0 Å². The molecular weight excluding hydrogens is 214 g/mol. The zero-order chi connectivity index (χ0) is 10.8. The van der Waals surface area contributed by atoms with Gasteiger partial charge in [0.15, 0.2) is 4.80 Å². The summed E-state index contributed by atoms with van der Waals surface area (Å²) in [5.74, 6) is -0.204. The lowest BCUT2D eigenvalue weighted by molar-refractivity contribution is -0.119. The standard InChI is InChI=1S/C9H13N3O2S/c1-12-2-3-15-9(12)11-8(14)7-4-6(13)5-10-7/h2-3,6-7,10,13H,4-5H2,1H3/t6-,7+/m0/s1. The van der Waals surface area contributed by atoms with Gasteiger partial charge in [-0.05, 0) is 6.42 Å². The molecule has 0 radical (unpaired) electrons. The Kier molecular flexibility index (Phi) is 2.99. The number of aryl methyl sites for hydroxylation is 1. The molecule has 0 aromatic carbocycles. The predicted octanol–water partition coefficient (Wildman–Crippen LogP) is -0.763. The Morgan fingerprint density at radius 1 is 1.80 bits per heavy atom. The minimum Gasteiger partial charge on any atom is -0.392 e. The average Bonchev–Trinajstić information content (AvgIpc) is 2.77. The molecular formula is C9H13N3O2S. The third-order valence-electron chi connectivity index (χ3n) is 2.37. The molecule has 6 heteroatoms. The Balaban J connectivity index is 2.13. The van der Waals surface area contributed by atoms with Crippen LogP contribution in [0, 0.1) is 0 Å². The lowest BCUT2D eigenvalue weighted by Crippen LogP contribution is -2.31. The van der Waals surface area contributed by atoms with E-state index in [1.807, 2.05) is 18.6 Å². The van der Waals surface area contributed by atoms with Gasteiger partial charge in [-0.1, -0.05) is 0 Å². The topological polar surface area (TPSA) is 66.6 Å². The number of β-amino-alcohol motifs (C(OH)–C–C–N with tert-alkyl or cyclic N) is 1. The summed E-state index contributed by atoms with van der Waals surface area (Å²) in [6.45, 7) is 0.475. The van der Waals surface area contributed by atoms with Gasteiger partial charge in [0.05, 0.1) is 12.1 Å². The SMILES string of the molecule is Cn1ccsc1=NC(=O)[C@H]1C[C@H](O)CN1. The van der Waals surface area contributed by atoms with Gasteiger partial charge in [0.1, 0.15) is 0 Å². The van der Waals surface area contributed by atoms with Gasteiger partial charge in [-0.2, -0.15) is 4.99 Å². The maximum Gasteiger partial charge on any atom is 0.265 e. The first-order valence-electron chi connectivity index (χ1n) is 4.77. The lowest BCUT2D eigenvalue weighted by Gasteiger charge is -2.02. The number of nitrogens with one attached hydrogen (secondary N) is 1. The van der Waals surface area contributed by atoms with E-state index in [0.717, 1.165) is 0 Å². The highest BCUT2D eigenvalue weighted by Gasteiger charge is 2.27. The molecule has 2 rings (SSSR count). The van der Waals surface area contributed by atoms with Gasteiger partial charge in [0.2, 0.25) is 0 Å². The molecule has 0 bridgehead atoms. The van der Waals surface area contributed by atoms with Crippen LogP contribution < -0.4 is 10.1 Å². The summed E-state index contributed by atoms with van der Waals surface area (Å²) >= 11 is 1.42. The first-order chi connectivity index (χ1) is 7.16. The van der Waals surface area contributed by atoms with Crippen LogP contribution in [-0.4, -0.2) is 34.3 Å². The minimum absolute atomic E-state index is 0.204. The molecule has 2 N–H and O–H groups in total. The molecule has 82 valence electrons. The number of rotatable bonds is 1. The van der Waals surface area contributed by atoms with E-state index in [-0.39, 0.29) is 11.9 Å². The van der Waals surface area contributed by atoms with E-state index in [2.05, 4.69) is 10.3 Å². The maximum atomic E-state index is 11.7. The largest absolute Gasteiger partial charge is 0.392 e. The van der Waals surface area contributed by atoms with Crippen LogP contribution in [0.1, 0.15) is 6.42 Å². The highest BCUT2D eigenvalue weighted by atomic mass is 32.1. The van der Waals surface area contributed by atoms with Crippen LogP contribution in [0.25, 0.3) is 0 Å². The normalized spacial score (nSPS) is 27.2. The molecule has 0 unspecified atom stereocenters.